The van der Waals surface area contributed by atoms with Crippen LogP contribution in [0.1, 0.15) is 12.5 Å². The molecular formula is C20H23ClN4O4. The lowest BCUT2D eigenvalue weighted by Gasteiger charge is -2.16. The van der Waals surface area contributed by atoms with E-state index >= 15 is 0 Å². The first-order valence-corrected chi connectivity index (χ1v) is 9.23. The van der Waals surface area contributed by atoms with E-state index in [0.717, 1.165) is 0 Å². The number of nitrogens with one attached hydrogen (secondary N) is 2. The van der Waals surface area contributed by atoms with Crippen LogP contribution in [0.4, 0.5) is 10.5 Å². The van der Waals surface area contributed by atoms with E-state index < -0.39 is 6.03 Å². The highest BCUT2D eigenvalue weighted by Gasteiger charge is 2.14. The van der Waals surface area contributed by atoms with Crippen molar-refractivity contribution >= 4 is 35.4 Å². The number of carbonyl (C=O) groups is 2. The number of nitrogens with zero attached hydrogens (tertiary/aromatic N) is 2. The Balaban J connectivity index is 2.05. The Morgan fingerprint density at radius 1 is 1.17 bits per heavy atom. The molecule has 0 aliphatic rings. The topological polar surface area (TPSA) is 92.3 Å². The Hall–Kier alpha value is -3.26. The van der Waals surface area contributed by atoms with E-state index in [1.165, 1.54) is 11.1 Å². The summed E-state index contributed by atoms with van der Waals surface area (Å²) in [7, 11) is 3.27. The second-order valence-electron chi connectivity index (χ2n) is 6.03. The third kappa shape index (κ3) is 7.00. The highest BCUT2D eigenvalue weighted by Crippen LogP contribution is 2.36. The third-order valence-corrected chi connectivity index (χ3v) is 3.86. The molecule has 0 heterocycles. The molecule has 2 aromatic carbocycles. The first-order valence-electron chi connectivity index (χ1n) is 8.85. The van der Waals surface area contributed by atoms with E-state index in [1.807, 2.05) is 25.1 Å². The van der Waals surface area contributed by atoms with Crippen molar-refractivity contribution in [3.05, 3.63) is 53.1 Å². The van der Waals surface area contributed by atoms with E-state index in [2.05, 4.69) is 15.8 Å². The first kappa shape index (κ1) is 22.0. The van der Waals surface area contributed by atoms with Crippen molar-refractivity contribution in [1.29, 1.82) is 0 Å². The summed E-state index contributed by atoms with van der Waals surface area (Å²) in [5.41, 5.74) is 3.61. The molecule has 2 N–H and O–H groups in total. The molecule has 0 atom stereocenters. The molecule has 0 aliphatic carbocycles. The SMILES string of the molecule is CCOc1cc(/C=N\NC(=O)Nc2ccccc2)cc(Cl)c1OCC(=O)N(C)C. The summed E-state index contributed by atoms with van der Waals surface area (Å²) < 4.78 is 11.1. The Morgan fingerprint density at radius 2 is 1.90 bits per heavy atom. The molecule has 3 amide bonds. The predicted molar refractivity (Wildman–Crippen MR) is 113 cm³/mol. The zero-order valence-corrected chi connectivity index (χ0v) is 17.2. The number of rotatable bonds is 8. The second kappa shape index (κ2) is 10.9. The minimum Gasteiger partial charge on any atom is -0.490 e. The van der Waals surface area contributed by atoms with Crippen LogP contribution in [-0.2, 0) is 4.79 Å². The average molecular weight is 419 g/mol. The van der Waals surface area contributed by atoms with Crippen LogP contribution in [0.25, 0.3) is 0 Å². The van der Waals surface area contributed by atoms with Gasteiger partial charge in [0, 0.05) is 19.8 Å². The van der Waals surface area contributed by atoms with Crippen LogP contribution >= 0.6 is 11.6 Å². The van der Waals surface area contributed by atoms with E-state index in [0.29, 0.717) is 23.6 Å². The maximum atomic E-state index is 11.9. The van der Waals surface area contributed by atoms with Crippen LogP contribution in [0, 0.1) is 0 Å². The van der Waals surface area contributed by atoms with Crippen molar-refractivity contribution in [2.45, 2.75) is 6.92 Å². The van der Waals surface area contributed by atoms with Crippen molar-refractivity contribution in [2.24, 2.45) is 5.10 Å². The predicted octanol–water partition coefficient (Wildman–Crippen LogP) is 3.36. The van der Waals surface area contributed by atoms with Crippen molar-refractivity contribution in [1.82, 2.24) is 10.3 Å². The fourth-order valence-corrected chi connectivity index (χ4v) is 2.45. The summed E-state index contributed by atoms with van der Waals surface area (Å²) in [6.45, 7) is 2.03. The van der Waals surface area contributed by atoms with E-state index in [1.54, 1.807) is 38.4 Å². The lowest BCUT2D eigenvalue weighted by molar-refractivity contribution is -0.130. The summed E-state index contributed by atoms with van der Waals surface area (Å²) in [6.07, 6.45) is 1.42. The number of carbonyl (C=O) groups excluding carboxylic acids is 2. The molecule has 2 aromatic rings. The number of likely N-dealkylation sites (N-methyl/N-ethyl adjacent to an activating group) is 1. The zero-order chi connectivity index (χ0) is 21.2. The maximum absolute atomic E-state index is 11.9. The first-order chi connectivity index (χ1) is 13.9. The highest BCUT2D eigenvalue weighted by molar-refractivity contribution is 6.32. The standard InChI is InChI=1S/C20H23ClN4O4/c1-4-28-17-11-14(10-16(21)19(17)29-13-18(26)25(2)3)12-22-24-20(27)23-15-8-6-5-7-9-15/h5-12H,4,13H2,1-3H3,(H2,23,24,27)/b22-12-. The number of hydrogen-bond acceptors (Lipinski definition) is 5. The van der Waals surface area contributed by atoms with Gasteiger partial charge in [-0.15, -0.1) is 0 Å². The Labute approximate surface area is 174 Å². The Bertz CT molecular complexity index is 872. The van der Waals surface area contributed by atoms with Crippen LogP contribution in [0.3, 0.4) is 0 Å². The number of ether oxygens (including phenoxy) is 2. The molecule has 0 aromatic heterocycles. The normalized spacial score (nSPS) is 10.5. The molecule has 0 radical (unpaired) electrons. The van der Waals surface area contributed by atoms with Gasteiger partial charge in [0.25, 0.3) is 5.91 Å². The molecule has 2 rings (SSSR count). The number of para-hydroxylation sites is 1. The molecular weight excluding hydrogens is 396 g/mol. The van der Waals surface area contributed by atoms with Gasteiger partial charge in [-0.05, 0) is 36.8 Å². The molecule has 0 saturated heterocycles. The minimum atomic E-state index is -0.481. The zero-order valence-electron chi connectivity index (χ0n) is 16.4. The van der Waals surface area contributed by atoms with Gasteiger partial charge in [0.1, 0.15) is 0 Å². The van der Waals surface area contributed by atoms with Gasteiger partial charge in [0.15, 0.2) is 18.1 Å². The van der Waals surface area contributed by atoms with Crippen LogP contribution in [-0.4, -0.2) is 50.4 Å². The van der Waals surface area contributed by atoms with E-state index in [-0.39, 0.29) is 23.3 Å². The molecule has 9 heteroatoms. The Kier molecular flexibility index (Phi) is 8.29. The summed E-state index contributed by atoms with van der Waals surface area (Å²) in [5, 5.41) is 6.81. The Morgan fingerprint density at radius 3 is 2.55 bits per heavy atom. The fourth-order valence-electron chi connectivity index (χ4n) is 2.17. The lowest BCUT2D eigenvalue weighted by atomic mass is 10.2. The number of halogens is 1. The van der Waals surface area contributed by atoms with Gasteiger partial charge in [-0.2, -0.15) is 5.10 Å². The fraction of sp³-hybridized carbons (Fsp3) is 0.250. The van der Waals surface area contributed by atoms with E-state index in [9.17, 15) is 9.59 Å². The highest BCUT2D eigenvalue weighted by atomic mass is 35.5. The summed E-state index contributed by atoms with van der Waals surface area (Å²) in [4.78, 5) is 25.0. The number of hydrogen-bond donors (Lipinski definition) is 2. The van der Waals surface area contributed by atoms with Gasteiger partial charge in [-0.25, -0.2) is 10.2 Å². The summed E-state index contributed by atoms with van der Waals surface area (Å²) >= 11 is 6.29. The van der Waals surface area contributed by atoms with Gasteiger partial charge in [0.05, 0.1) is 17.8 Å². The largest absolute Gasteiger partial charge is 0.490 e. The van der Waals surface area contributed by atoms with Gasteiger partial charge in [-0.1, -0.05) is 29.8 Å². The van der Waals surface area contributed by atoms with Crippen molar-refractivity contribution < 1.29 is 19.1 Å². The molecule has 154 valence electrons. The van der Waals surface area contributed by atoms with Crippen LogP contribution in [0.5, 0.6) is 11.5 Å². The van der Waals surface area contributed by atoms with Gasteiger partial charge in [-0.3, -0.25) is 4.79 Å². The number of hydrazone groups is 1. The number of amides is 3. The van der Waals surface area contributed by atoms with Crippen molar-refractivity contribution in [2.75, 3.05) is 32.6 Å². The van der Waals surface area contributed by atoms with Crippen LogP contribution < -0.4 is 20.2 Å². The van der Waals surface area contributed by atoms with Crippen molar-refractivity contribution in [3.63, 3.8) is 0 Å². The third-order valence-electron chi connectivity index (χ3n) is 3.58. The smallest absolute Gasteiger partial charge is 0.339 e. The second-order valence-corrected chi connectivity index (χ2v) is 6.44. The molecule has 0 bridgehead atoms. The van der Waals surface area contributed by atoms with Crippen LogP contribution in [0.2, 0.25) is 5.02 Å². The number of urea groups is 1. The summed E-state index contributed by atoms with van der Waals surface area (Å²) in [6, 6.07) is 11.8. The molecule has 0 aliphatic heterocycles. The molecule has 0 spiro atoms. The average Bonchev–Trinajstić information content (AvgIpc) is 2.68. The minimum absolute atomic E-state index is 0.165. The van der Waals surface area contributed by atoms with Crippen LogP contribution in [0.15, 0.2) is 47.6 Å². The summed E-state index contributed by atoms with van der Waals surface area (Å²) in [5.74, 6) is 0.445. The van der Waals surface area contributed by atoms with E-state index in [4.69, 9.17) is 21.1 Å². The number of benzene rings is 2. The molecule has 8 nitrogen and oxygen atoms in total. The van der Waals surface area contributed by atoms with Crippen molar-refractivity contribution in [3.8, 4) is 11.5 Å². The molecule has 29 heavy (non-hydrogen) atoms. The van der Waals surface area contributed by atoms with Gasteiger partial charge < -0.3 is 19.7 Å². The molecule has 0 fully saturated rings. The van der Waals surface area contributed by atoms with Gasteiger partial charge >= 0.3 is 6.03 Å². The monoisotopic (exact) mass is 418 g/mol. The quantitative estimate of drug-likeness (QED) is 0.508. The lowest BCUT2D eigenvalue weighted by Crippen LogP contribution is -2.27. The number of anilines is 1. The van der Waals surface area contributed by atoms with Gasteiger partial charge in [0.2, 0.25) is 0 Å². The molecule has 0 saturated carbocycles. The molecule has 0 unspecified atom stereocenters. The maximum Gasteiger partial charge on any atom is 0.339 e.